The minimum absolute atomic E-state index is 0.668. The fourth-order valence-electron chi connectivity index (χ4n) is 3.26. The molecule has 0 saturated carbocycles. The van der Waals surface area contributed by atoms with E-state index in [2.05, 4.69) is 44.8 Å². The molecule has 0 radical (unpaired) electrons. The first kappa shape index (κ1) is 11.1. The van der Waals surface area contributed by atoms with Crippen molar-refractivity contribution >= 4 is 6.71 Å². The third kappa shape index (κ3) is 2.09. The highest BCUT2D eigenvalue weighted by molar-refractivity contribution is 6.58. The van der Waals surface area contributed by atoms with Gasteiger partial charge in [0.15, 0.2) is 0 Å². The van der Waals surface area contributed by atoms with E-state index in [0.717, 1.165) is 24.6 Å². The lowest BCUT2D eigenvalue weighted by Crippen LogP contribution is -2.46. The fraction of sp³-hybridized carbons (Fsp3) is 0.846. The molecular formula is C13H24BN. The van der Waals surface area contributed by atoms with E-state index in [9.17, 15) is 0 Å². The third-order valence-electron chi connectivity index (χ3n) is 4.41. The van der Waals surface area contributed by atoms with E-state index < -0.39 is 0 Å². The van der Waals surface area contributed by atoms with Gasteiger partial charge >= 0.3 is 0 Å². The molecule has 2 aliphatic heterocycles. The lowest BCUT2D eigenvalue weighted by atomic mass is 9.50. The first-order valence-electron chi connectivity index (χ1n) is 6.55. The van der Waals surface area contributed by atoms with Gasteiger partial charge in [0.2, 0.25) is 0 Å². The maximum absolute atomic E-state index is 2.52. The second-order valence-electron chi connectivity index (χ2n) is 5.91. The summed E-state index contributed by atoms with van der Waals surface area (Å²) in [6, 6.07) is 1.39. The van der Waals surface area contributed by atoms with Crippen LogP contribution in [-0.2, 0) is 0 Å². The van der Waals surface area contributed by atoms with Crippen molar-refractivity contribution in [3.05, 3.63) is 12.3 Å². The lowest BCUT2D eigenvalue weighted by molar-refractivity contribution is 0.145. The first-order chi connectivity index (χ1) is 7.09. The Balaban J connectivity index is 1.92. The molecule has 2 aliphatic rings. The summed E-state index contributed by atoms with van der Waals surface area (Å²) in [7, 11) is 0. The maximum atomic E-state index is 2.52. The monoisotopic (exact) mass is 205 g/mol. The van der Waals surface area contributed by atoms with Gasteiger partial charge in [0.1, 0.15) is 6.71 Å². The van der Waals surface area contributed by atoms with Crippen molar-refractivity contribution in [2.24, 2.45) is 11.8 Å². The molecule has 0 spiro atoms. The summed E-state index contributed by atoms with van der Waals surface area (Å²) >= 11 is 0. The molecular weight excluding hydrogens is 181 g/mol. The maximum Gasteiger partial charge on any atom is 0.136 e. The normalized spacial score (nSPS) is 32.3. The molecule has 3 atom stereocenters. The van der Waals surface area contributed by atoms with E-state index in [1.165, 1.54) is 19.1 Å². The standard InChI is InChI=1S/C13H24BN/c1-10(2)15-8-6-13(15)11(3)12-5-7-14(4)9-12/h6,8,10-13H,5,7,9H2,1-4H3. The molecule has 0 aromatic carbocycles. The Hall–Kier alpha value is -0.395. The van der Waals surface area contributed by atoms with Gasteiger partial charge in [-0.25, -0.2) is 0 Å². The van der Waals surface area contributed by atoms with Gasteiger partial charge in [-0.1, -0.05) is 32.8 Å². The lowest BCUT2D eigenvalue weighted by Gasteiger charge is -2.44. The van der Waals surface area contributed by atoms with E-state index in [-0.39, 0.29) is 0 Å². The van der Waals surface area contributed by atoms with Gasteiger partial charge in [-0.05, 0) is 38.0 Å². The summed E-state index contributed by atoms with van der Waals surface area (Å²) in [5.74, 6) is 1.82. The van der Waals surface area contributed by atoms with Crippen LogP contribution < -0.4 is 0 Å². The molecule has 0 N–H and O–H groups in total. The Morgan fingerprint density at radius 3 is 2.47 bits per heavy atom. The highest BCUT2D eigenvalue weighted by Gasteiger charge is 2.36. The summed E-state index contributed by atoms with van der Waals surface area (Å²) in [6.45, 7) is 10.4. The van der Waals surface area contributed by atoms with Gasteiger partial charge < -0.3 is 4.90 Å². The topological polar surface area (TPSA) is 3.24 Å². The van der Waals surface area contributed by atoms with Gasteiger partial charge in [0.05, 0.1) is 6.04 Å². The van der Waals surface area contributed by atoms with Gasteiger partial charge in [-0.15, -0.1) is 0 Å². The van der Waals surface area contributed by atoms with Crippen LogP contribution >= 0.6 is 0 Å². The Bertz CT molecular complexity index is 249. The van der Waals surface area contributed by atoms with Gasteiger partial charge in [0.25, 0.3) is 0 Å². The number of hydrogen-bond acceptors (Lipinski definition) is 1. The SMILES string of the molecule is CB1CCC(C(C)C2C=CN2C(C)C)C1. The minimum atomic E-state index is 0.668. The van der Waals surface area contributed by atoms with Crippen molar-refractivity contribution in [1.29, 1.82) is 0 Å². The molecule has 0 aliphatic carbocycles. The van der Waals surface area contributed by atoms with Gasteiger partial charge in [-0.2, -0.15) is 0 Å². The van der Waals surface area contributed by atoms with Crippen LogP contribution in [-0.4, -0.2) is 23.7 Å². The Kier molecular flexibility index (Phi) is 3.13. The van der Waals surface area contributed by atoms with Crippen LogP contribution in [0.1, 0.15) is 27.2 Å². The van der Waals surface area contributed by atoms with Crippen molar-refractivity contribution in [3.63, 3.8) is 0 Å². The van der Waals surface area contributed by atoms with E-state index in [0.29, 0.717) is 6.04 Å². The quantitative estimate of drug-likeness (QED) is 0.638. The molecule has 2 rings (SSSR count). The van der Waals surface area contributed by atoms with Crippen LogP contribution in [0.3, 0.4) is 0 Å². The minimum Gasteiger partial charge on any atom is -0.369 e. The fourth-order valence-corrected chi connectivity index (χ4v) is 3.26. The summed E-state index contributed by atoms with van der Waals surface area (Å²) in [4.78, 5) is 2.52. The Morgan fingerprint density at radius 2 is 2.07 bits per heavy atom. The van der Waals surface area contributed by atoms with E-state index in [4.69, 9.17) is 0 Å². The zero-order chi connectivity index (χ0) is 11.0. The smallest absolute Gasteiger partial charge is 0.136 e. The van der Waals surface area contributed by atoms with Crippen LogP contribution in [0.15, 0.2) is 12.3 Å². The molecule has 15 heavy (non-hydrogen) atoms. The summed E-state index contributed by atoms with van der Waals surface area (Å²) in [5, 5.41) is 0. The number of nitrogens with zero attached hydrogens (tertiary/aromatic N) is 1. The molecule has 1 fully saturated rings. The number of rotatable bonds is 3. The molecule has 0 aromatic heterocycles. The second-order valence-corrected chi connectivity index (χ2v) is 5.91. The van der Waals surface area contributed by atoms with Crippen molar-refractivity contribution in [2.45, 2.75) is 58.7 Å². The van der Waals surface area contributed by atoms with Crippen LogP contribution in [0, 0.1) is 11.8 Å². The average Bonchev–Trinajstić information content (AvgIpc) is 2.48. The molecule has 1 saturated heterocycles. The second kappa shape index (κ2) is 4.23. The number of hydrogen-bond donors (Lipinski definition) is 0. The Labute approximate surface area is 95.0 Å². The van der Waals surface area contributed by atoms with Crippen molar-refractivity contribution in [1.82, 2.24) is 4.90 Å². The van der Waals surface area contributed by atoms with Gasteiger partial charge in [-0.3, -0.25) is 0 Å². The molecule has 2 heterocycles. The average molecular weight is 205 g/mol. The van der Waals surface area contributed by atoms with Crippen molar-refractivity contribution in [2.75, 3.05) is 0 Å². The highest BCUT2D eigenvalue weighted by atomic mass is 15.2. The van der Waals surface area contributed by atoms with Crippen LogP contribution in [0.5, 0.6) is 0 Å². The van der Waals surface area contributed by atoms with E-state index in [1.54, 1.807) is 0 Å². The molecule has 0 aromatic rings. The van der Waals surface area contributed by atoms with Crippen molar-refractivity contribution < 1.29 is 0 Å². The van der Waals surface area contributed by atoms with Gasteiger partial charge in [0, 0.05) is 6.04 Å². The molecule has 0 bridgehead atoms. The van der Waals surface area contributed by atoms with E-state index >= 15 is 0 Å². The molecule has 2 heteroatoms. The highest BCUT2D eigenvalue weighted by Crippen LogP contribution is 2.38. The summed E-state index contributed by atoms with van der Waals surface area (Å²) in [5.41, 5.74) is 0. The third-order valence-corrected chi connectivity index (χ3v) is 4.41. The predicted octanol–water partition coefficient (Wildman–Crippen LogP) is 3.37. The first-order valence-corrected chi connectivity index (χ1v) is 6.55. The van der Waals surface area contributed by atoms with E-state index in [1.807, 2.05) is 0 Å². The molecule has 3 unspecified atom stereocenters. The van der Waals surface area contributed by atoms with Crippen LogP contribution in [0.4, 0.5) is 0 Å². The van der Waals surface area contributed by atoms with Crippen molar-refractivity contribution in [3.8, 4) is 0 Å². The summed E-state index contributed by atoms with van der Waals surface area (Å²) in [6.07, 6.45) is 9.03. The predicted molar refractivity (Wildman–Crippen MR) is 68.4 cm³/mol. The molecule has 84 valence electrons. The zero-order valence-electron chi connectivity index (χ0n) is 10.6. The van der Waals surface area contributed by atoms with Crippen LogP contribution in [0.25, 0.3) is 0 Å². The molecule has 0 amide bonds. The largest absolute Gasteiger partial charge is 0.369 e. The summed E-state index contributed by atoms with van der Waals surface area (Å²) < 4.78 is 0. The zero-order valence-corrected chi connectivity index (χ0v) is 10.6. The van der Waals surface area contributed by atoms with Crippen LogP contribution in [0.2, 0.25) is 19.5 Å². The Morgan fingerprint density at radius 1 is 1.33 bits per heavy atom. The molecule has 1 nitrogen and oxygen atoms in total.